The molecule has 0 unspecified atom stereocenters. The molecule has 0 aliphatic rings. The van der Waals surface area contributed by atoms with E-state index in [4.69, 9.17) is 10.2 Å². The minimum absolute atomic E-state index is 0.846. The number of hydrogen-bond donors (Lipinski definition) is 0. The first-order valence-electron chi connectivity index (χ1n) is 12.2. The molecule has 6 aromatic rings. The minimum atomic E-state index is 0.846. The van der Waals surface area contributed by atoms with Crippen molar-refractivity contribution in [3.63, 3.8) is 0 Å². The minimum Gasteiger partial charge on any atom is -0.241 e. The normalized spacial score (nSPS) is 11.0. The van der Waals surface area contributed by atoms with Crippen LogP contribution in [-0.4, -0.2) is 19.6 Å². The molecule has 0 aliphatic heterocycles. The molecule has 0 aliphatic carbocycles. The van der Waals surface area contributed by atoms with Gasteiger partial charge in [0.15, 0.2) is 0 Å². The molecule has 2 heterocycles. The van der Waals surface area contributed by atoms with Crippen molar-refractivity contribution in [2.45, 2.75) is 12.8 Å². The summed E-state index contributed by atoms with van der Waals surface area (Å²) >= 11 is 0. The van der Waals surface area contributed by atoms with E-state index in [-0.39, 0.29) is 0 Å². The Balaban J connectivity index is 1.09. The number of benzene rings is 4. The van der Waals surface area contributed by atoms with Crippen LogP contribution in [0.4, 0.5) is 0 Å². The largest absolute Gasteiger partial charge is 0.241 e. The van der Waals surface area contributed by atoms with Crippen LogP contribution < -0.4 is 0 Å². The van der Waals surface area contributed by atoms with Crippen molar-refractivity contribution < 1.29 is 0 Å². The van der Waals surface area contributed by atoms with Crippen molar-refractivity contribution in [3.8, 4) is 33.6 Å². The van der Waals surface area contributed by atoms with Gasteiger partial charge in [0.2, 0.25) is 0 Å². The summed E-state index contributed by atoms with van der Waals surface area (Å²) in [6, 6.07) is 42.0. The van der Waals surface area contributed by atoms with Crippen LogP contribution in [0.15, 0.2) is 134 Å². The summed E-state index contributed by atoms with van der Waals surface area (Å²) in [7, 11) is 0. The Labute approximate surface area is 211 Å². The molecule has 0 saturated carbocycles. The van der Waals surface area contributed by atoms with E-state index >= 15 is 0 Å². The molecule has 174 valence electrons. The van der Waals surface area contributed by atoms with Gasteiger partial charge >= 0.3 is 0 Å². The molecule has 0 spiro atoms. The van der Waals surface area contributed by atoms with Crippen molar-refractivity contribution in [1.82, 2.24) is 19.6 Å². The first kappa shape index (κ1) is 21.8. The van der Waals surface area contributed by atoms with E-state index in [9.17, 15) is 0 Å². The van der Waals surface area contributed by atoms with Gasteiger partial charge in [-0.2, -0.15) is 10.2 Å². The third-order valence-electron chi connectivity index (χ3n) is 6.40. The summed E-state index contributed by atoms with van der Waals surface area (Å²) in [6.07, 6.45) is 5.75. The van der Waals surface area contributed by atoms with Gasteiger partial charge in [0, 0.05) is 12.4 Å². The number of rotatable bonds is 7. The molecule has 36 heavy (non-hydrogen) atoms. The molecule has 0 radical (unpaired) electrons. The van der Waals surface area contributed by atoms with Crippen molar-refractivity contribution in [1.29, 1.82) is 0 Å². The maximum atomic E-state index is 4.78. The smallest absolute Gasteiger partial charge is 0.0646 e. The third kappa shape index (κ3) is 4.75. The van der Waals surface area contributed by atoms with Gasteiger partial charge in [0.1, 0.15) is 0 Å². The average molecular weight is 467 g/mol. The highest BCUT2D eigenvalue weighted by Gasteiger charge is 2.06. The van der Waals surface area contributed by atoms with E-state index < -0.39 is 0 Å². The molecular formula is C32H26N4. The standard InChI is InChI=1S/C32H26N4/c1-3-7-25(8-4-1)27-11-17-31(18-12-27)35-23-21-29(33-35)15-16-30-22-24-36(34-30)32-19-13-28(14-20-32)26-9-5-2-6-10-26/h1-14,17-24H,15-16H2. The van der Waals surface area contributed by atoms with E-state index in [1.807, 2.05) is 33.9 Å². The first-order valence-corrected chi connectivity index (χ1v) is 12.2. The van der Waals surface area contributed by atoms with Crippen LogP contribution >= 0.6 is 0 Å². The lowest BCUT2D eigenvalue weighted by Gasteiger charge is -2.05. The third-order valence-corrected chi connectivity index (χ3v) is 6.40. The Morgan fingerprint density at radius 2 is 0.750 bits per heavy atom. The zero-order valence-corrected chi connectivity index (χ0v) is 19.9. The van der Waals surface area contributed by atoms with Crippen LogP contribution in [0.2, 0.25) is 0 Å². The van der Waals surface area contributed by atoms with Gasteiger partial charge in [-0.05, 0) is 71.5 Å². The van der Waals surface area contributed by atoms with E-state index in [0.717, 1.165) is 35.6 Å². The van der Waals surface area contributed by atoms with E-state index in [1.165, 1.54) is 22.3 Å². The fourth-order valence-corrected chi connectivity index (χ4v) is 4.41. The van der Waals surface area contributed by atoms with Crippen molar-refractivity contribution in [3.05, 3.63) is 145 Å². The second-order valence-electron chi connectivity index (χ2n) is 8.83. The van der Waals surface area contributed by atoms with Crippen LogP contribution in [0.3, 0.4) is 0 Å². The molecule has 0 fully saturated rings. The van der Waals surface area contributed by atoms with Crippen LogP contribution in [-0.2, 0) is 12.8 Å². The molecule has 0 bridgehead atoms. The number of hydrogen-bond acceptors (Lipinski definition) is 2. The summed E-state index contributed by atoms with van der Waals surface area (Å²) in [5, 5.41) is 9.57. The van der Waals surface area contributed by atoms with E-state index in [0.29, 0.717) is 0 Å². The number of nitrogens with zero attached hydrogens (tertiary/aromatic N) is 4. The maximum Gasteiger partial charge on any atom is 0.0646 e. The lowest BCUT2D eigenvalue weighted by Crippen LogP contribution is -1.99. The molecule has 4 aromatic carbocycles. The van der Waals surface area contributed by atoms with Crippen LogP contribution in [0, 0.1) is 0 Å². The molecule has 0 amide bonds. The molecule has 2 aromatic heterocycles. The van der Waals surface area contributed by atoms with Gasteiger partial charge in [-0.3, -0.25) is 0 Å². The van der Waals surface area contributed by atoms with Crippen LogP contribution in [0.5, 0.6) is 0 Å². The van der Waals surface area contributed by atoms with Gasteiger partial charge in [0.25, 0.3) is 0 Å². The van der Waals surface area contributed by atoms with Gasteiger partial charge in [-0.1, -0.05) is 84.9 Å². The maximum absolute atomic E-state index is 4.78. The summed E-state index contributed by atoms with van der Waals surface area (Å²) in [5.41, 5.74) is 9.09. The van der Waals surface area contributed by atoms with Gasteiger partial charge in [0.05, 0.1) is 22.8 Å². The lowest BCUT2D eigenvalue weighted by molar-refractivity contribution is 0.785. The Morgan fingerprint density at radius 3 is 1.14 bits per heavy atom. The predicted octanol–water partition coefficient (Wildman–Crippen LogP) is 7.18. The monoisotopic (exact) mass is 466 g/mol. The van der Waals surface area contributed by atoms with Crippen LogP contribution in [0.25, 0.3) is 33.6 Å². The summed E-state index contributed by atoms with van der Waals surface area (Å²) in [4.78, 5) is 0. The predicted molar refractivity (Wildman–Crippen MR) is 145 cm³/mol. The molecule has 4 heteroatoms. The van der Waals surface area contributed by atoms with Gasteiger partial charge < -0.3 is 0 Å². The molecule has 4 nitrogen and oxygen atoms in total. The summed E-state index contributed by atoms with van der Waals surface area (Å²) in [6.45, 7) is 0. The second kappa shape index (κ2) is 9.88. The molecule has 0 saturated heterocycles. The average Bonchev–Trinajstić information content (AvgIpc) is 3.63. The fourth-order valence-electron chi connectivity index (χ4n) is 4.41. The Kier molecular flexibility index (Phi) is 5.99. The van der Waals surface area contributed by atoms with E-state index in [2.05, 4.69) is 109 Å². The Morgan fingerprint density at radius 1 is 0.389 bits per heavy atom. The Hall–Kier alpha value is -4.70. The SMILES string of the molecule is c1ccc(-c2ccc(-n3ccc(CCc4ccn(-c5ccc(-c6ccccc6)cc5)n4)n3)cc2)cc1. The highest BCUT2D eigenvalue weighted by Crippen LogP contribution is 2.22. The highest BCUT2D eigenvalue weighted by molar-refractivity contribution is 5.65. The van der Waals surface area contributed by atoms with E-state index in [1.54, 1.807) is 0 Å². The fraction of sp³-hybridized carbons (Fsp3) is 0.0625. The highest BCUT2D eigenvalue weighted by atomic mass is 15.3. The van der Waals surface area contributed by atoms with Gasteiger partial charge in [-0.25, -0.2) is 9.36 Å². The molecule has 0 N–H and O–H groups in total. The lowest BCUT2D eigenvalue weighted by atomic mass is 10.1. The molecular weight excluding hydrogens is 440 g/mol. The first-order chi connectivity index (χ1) is 17.8. The Bertz CT molecular complexity index is 1420. The summed E-state index contributed by atoms with van der Waals surface area (Å²) < 4.78 is 3.88. The summed E-state index contributed by atoms with van der Waals surface area (Å²) in [5.74, 6) is 0. The molecule has 6 rings (SSSR count). The zero-order chi connectivity index (χ0) is 24.2. The van der Waals surface area contributed by atoms with Crippen LogP contribution in [0.1, 0.15) is 11.4 Å². The quantitative estimate of drug-likeness (QED) is 0.250. The molecule has 0 atom stereocenters. The zero-order valence-electron chi connectivity index (χ0n) is 19.9. The van der Waals surface area contributed by atoms with Crippen molar-refractivity contribution >= 4 is 0 Å². The van der Waals surface area contributed by atoms with Crippen molar-refractivity contribution in [2.75, 3.05) is 0 Å². The topological polar surface area (TPSA) is 35.6 Å². The van der Waals surface area contributed by atoms with Gasteiger partial charge in [-0.15, -0.1) is 0 Å². The second-order valence-corrected chi connectivity index (χ2v) is 8.83. The number of aromatic nitrogens is 4. The number of aryl methyl sites for hydroxylation is 2. The van der Waals surface area contributed by atoms with Crippen molar-refractivity contribution in [2.24, 2.45) is 0 Å².